The SMILES string of the molecule is CB(O)N1CC=C(c2ccc(OC3CCN(B(C)O)CC3)c3[nH]ccc23)CC1.CB(O)N1CCC(Oc2ccc(Br)c3cc[nH]c23)CC1.CC(C)(C)OC(=O)N1CC=C(B2OC(C)(C)C(C)(C)O2)CC1.O=C1Cc2c(C3CCCCC3)ccc(OC3CCNCC3)c2N1.O=CC(F)(F)F.[B]=NS.[HH]. The maximum absolute atomic E-state index is 12.1. The molecular weight excluding hydrogens is 1390 g/mol. The monoisotopic (exact) mass is 1500 g/mol. The third-order valence-electron chi connectivity index (χ3n) is 20.2. The molecule has 1 saturated carbocycles. The standard InChI is InChI=1S/C20H29B2N3O3.C19H26N2O2.C16H28BNO4.C14H18BBrN2O2.C2HF3O.BHNS.H2/c1-21(26)24-11-6-15(7-12-24)17-3-4-19(20-18(17)5-10-23-20)28-16-8-13-25(14-9-16)22(2)27;22-18-12-16-15(13-4-2-1-3-5-13)6-7-17(19(16)21-18)23-14-8-10-20-11-9-14;1-14(2,3)20-13(19)18-10-8-12(9-11-18)17-21-15(4,5)16(6,7)22-17;1-15(19)18-8-5-10(6-9-18)20-13-3-2-12(16)11-4-7-17-14(11)13;3-2(4,5)1-6;1-2-3;/h3-6,10,16,23,26-27H,7-9,11-14H2,1-2H3;6-7,13-14,20H,1-5,8-12H2,(H,21,22);8H,9-11H2,1-7H3;2-4,7,10,17,19H,5-6,8-9H2,1H3;1H;3H;1H. The predicted octanol–water partition coefficient (Wildman–Crippen LogP) is 12.9. The summed E-state index contributed by atoms with van der Waals surface area (Å²) in [6.07, 6.45) is 17.4. The molecule has 0 bridgehead atoms. The summed E-state index contributed by atoms with van der Waals surface area (Å²) >= 11 is 6.74. The van der Waals surface area contributed by atoms with Gasteiger partial charge in [-0.2, -0.15) is 13.2 Å². The van der Waals surface area contributed by atoms with Crippen molar-refractivity contribution < 1.29 is 72.3 Å². The number of alkyl halides is 3. The molecule has 3 aromatic carbocycles. The van der Waals surface area contributed by atoms with Crippen molar-refractivity contribution in [3.63, 3.8) is 0 Å². The van der Waals surface area contributed by atoms with E-state index in [-0.39, 0.29) is 64.2 Å². The van der Waals surface area contributed by atoms with E-state index in [1.807, 2.05) is 106 Å². The summed E-state index contributed by atoms with van der Waals surface area (Å²) in [5.41, 5.74) is 8.19. The first-order valence-corrected chi connectivity index (χ1v) is 37.1. The summed E-state index contributed by atoms with van der Waals surface area (Å²) in [7, 11) is 2.87. The van der Waals surface area contributed by atoms with Crippen LogP contribution in [0.15, 0.2) is 87.3 Å². The fourth-order valence-corrected chi connectivity index (χ4v) is 14.2. The molecular formula is C71H105B5BrF3N9O12S. The molecule has 13 rings (SSSR count). The van der Waals surface area contributed by atoms with Crippen LogP contribution < -0.4 is 24.8 Å². The molecule has 0 spiro atoms. The van der Waals surface area contributed by atoms with Gasteiger partial charge in [0.2, 0.25) is 12.2 Å². The number of carbonyl (C=O) groups excluding carboxylic acids is 3. The molecule has 21 nitrogen and oxygen atoms in total. The number of piperidine rings is 3. The second kappa shape index (κ2) is 37.6. The van der Waals surface area contributed by atoms with Crippen molar-refractivity contribution in [1.82, 2.24) is 34.6 Å². The quantitative estimate of drug-likeness (QED) is 0.0329. The van der Waals surface area contributed by atoms with Gasteiger partial charge in [0.05, 0.1) is 34.3 Å². The van der Waals surface area contributed by atoms with Crippen molar-refractivity contribution in [1.29, 1.82) is 0 Å². The van der Waals surface area contributed by atoms with Crippen LogP contribution >= 0.6 is 28.7 Å². The van der Waals surface area contributed by atoms with Gasteiger partial charge in [0.15, 0.2) is 0 Å². The molecule has 7 N–H and O–H groups in total. The minimum Gasteiger partial charge on any atom is 0 e. The van der Waals surface area contributed by atoms with Gasteiger partial charge in [0.1, 0.15) is 41.2 Å². The molecule has 555 valence electrons. The van der Waals surface area contributed by atoms with Crippen LogP contribution in [0.25, 0.3) is 27.4 Å². The first kappa shape index (κ1) is 82.1. The second-order valence-electron chi connectivity index (χ2n) is 29.2. The molecule has 31 heteroatoms. The van der Waals surface area contributed by atoms with Crippen LogP contribution in [0, 0.1) is 0 Å². The Morgan fingerprint density at radius 3 is 1.73 bits per heavy atom. The van der Waals surface area contributed by atoms with Gasteiger partial charge in [-0.3, -0.25) is 9.59 Å². The molecule has 2 amide bonds. The Labute approximate surface area is 617 Å². The number of carbonyl (C=O) groups is 3. The van der Waals surface area contributed by atoms with Crippen LogP contribution in [0.3, 0.4) is 0 Å². The average Bonchev–Trinajstić information content (AvgIpc) is 1.72. The Bertz CT molecular complexity index is 3620. The van der Waals surface area contributed by atoms with E-state index < -0.39 is 25.1 Å². The average molecular weight is 1500 g/mol. The predicted molar refractivity (Wildman–Crippen MR) is 410 cm³/mol. The van der Waals surface area contributed by atoms with Crippen LogP contribution in [-0.4, -0.2) is 205 Å². The molecule has 9 heterocycles. The molecule has 4 saturated heterocycles. The van der Waals surface area contributed by atoms with E-state index in [9.17, 15) is 37.8 Å². The number of amides is 2. The number of benzene rings is 3. The topological polar surface area (TPSA) is 248 Å². The Morgan fingerprint density at radius 2 is 1.23 bits per heavy atom. The summed E-state index contributed by atoms with van der Waals surface area (Å²) in [6, 6.07) is 16.8. The van der Waals surface area contributed by atoms with Gasteiger partial charge in [0.25, 0.3) is 0 Å². The van der Waals surface area contributed by atoms with Crippen LogP contribution in [-0.2, 0) is 30.1 Å². The fourth-order valence-electron chi connectivity index (χ4n) is 13.8. The van der Waals surface area contributed by atoms with Gasteiger partial charge in [0, 0.05) is 48.7 Å². The van der Waals surface area contributed by atoms with E-state index in [0.29, 0.717) is 25.4 Å². The van der Waals surface area contributed by atoms with Crippen molar-refractivity contribution in [2.75, 3.05) is 70.8 Å². The third-order valence-corrected chi connectivity index (χ3v) is 20.8. The van der Waals surface area contributed by atoms with E-state index >= 15 is 0 Å². The number of nitrogens with zero attached hydrogens (tertiary/aromatic N) is 5. The van der Waals surface area contributed by atoms with E-state index in [2.05, 4.69) is 112 Å². The molecule has 1 radical (unpaired) electrons. The minimum atomic E-state index is -4.64. The summed E-state index contributed by atoms with van der Waals surface area (Å²) in [5, 5.41) is 37.8. The number of hydrogen-bond donors (Lipinski definition) is 8. The largest absolute Gasteiger partial charge is 0 e. The summed E-state index contributed by atoms with van der Waals surface area (Å²) in [6.45, 7) is 27.6. The van der Waals surface area contributed by atoms with E-state index in [1.54, 1.807) is 4.90 Å². The number of hydrogen-bond acceptors (Lipinski definition) is 18. The first-order chi connectivity index (χ1) is 48.4. The zero-order valence-corrected chi connectivity index (χ0v) is 63.4. The maximum Gasteiger partial charge on any atom is 0 e. The number of aromatic nitrogens is 2. The first-order valence-electron chi connectivity index (χ1n) is 36.0. The van der Waals surface area contributed by atoms with Crippen LogP contribution in [0.1, 0.15) is 156 Å². The zero-order valence-electron chi connectivity index (χ0n) is 60.9. The normalized spacial score (nSPS) is 20.0. The number of nitrogens with one attached hydrogen (secondary N) is 4. The molecule has 0 unspecified atom stereocenters. The summed E-state index contributed by atoms with van der Waals surface area (Å²) in [5.74, 6) is 3.42. The number of halogens is 4. The van der Waals surface area contributed by atoms with Gasteiger partial charge in [-0.05, 0) is 249 Å². The zero-order chi connectivity index (χ0) is 74.1. The minimum absolute atomic E-state index is 0. The number of H-pyrrole nitrogens is 2. The van der Waals surface area contributed by atoms with E-state index in [4.69, 9.17) is 33.1 Å². The second-order valence-corrected chi connectivity index (χ2v) is 30.3. The number of aldehydes is 1. The number of fused-ring (bicyclic) bond motifs is 3. The number of anilines is 1. The van der Waals surface area contributed by atoms with Crippen molar-refractivity contribution in [2.24, 2.45) is 4.30 Å². The summed E-state index contributed by atoms with van der Waals surface area (Å²) in [4.78, 5) is 47.3. The number of rotatable bonds is 12. The Morgan fingerprint density at radius 1 is 0.716 bits per heavy atom. The van der Waals surface area contributed by atoms with Crippen molar-refractivity contribution in [3.8, 4) is 17.2 Å². The van der Waals surface area contributed by atoms with Crippen molar-refractivity contribution in [2.45, 2.75) is 206 Å². The fraction of sp³-hybridized carbons (Fsp3) is 0.592. The van der Waals surface area contributed by atoms with Crippen LogP contribution in [0.5, 0.6) is 17.2 Å². The number of ether oxygens (including phenoxy) is 4. The maximum atomic E-state index is 12.1. The molecule has 102 heavy (non-hydrogen) atoms. The molecule has 8 aliphatic rings. The van der Waals surface area contributed by atoms with Crippen LogP contribution in [0.2, 0.25) is 20.5 Å². The smallest absolute Gasteiger partial charge is 0 e. The van der Waals surface area contributed by atoms with Crippen molar-refractivity contribution >= 4 is 116 Å². The molecule has 1 aliphatic carbocycles. The van der Waals surface area contributed by atoms with Gasteiger partial charge in [-0.15, -0.1) is 0 Å². The molecule has 7 aliphatic heterocycles. The Hall–Kier alpha value is -5.59. The van der Waals surface area contributed by atoms with E-state index in [1.165, 1.54) is 59.8 Å². The van der Waals surface area contributed by atoms with Gasteiger partial charge in [-0.1, -0.05) is 59.5 Å². The number of thiol groups is 1. The third kappa shape index (κ3) is 23.2. The Kier molecular flexibility index (Phi) is 30.2. The molecule has 5 aromatic rings. The van der Waals surface area contributed by atoms with E-state index in [0.717, 1.165) is 153 Å². The van der Waals surface area contributed by atoms with Gasteiger partial charge < -0.3 is 83.3 Å². The summed E-state index contributed by atoms with van der Waals surface area (Å²) < 4.78 is 71.3. The van der Waals surface area contributed by atoms with Gasteiger partial charge >= 0.3 is 65.3 Å². The molecule has 5 fully saturated rings. The van der Waals surface area contributed by atoms with Gasteiger partial charge in [-0.25, -0.2) is 4.79 Å². The number of aromatic amines is 2. The van der Waals surface area contributed by atoms with Crippen molar-refractivity contribution in [3.05, 3.63) is 99.7 Å². The van der Waals surface area contributed by atoms with Crippen LogP contribution in [0.4, 0.5) is 23.7 Å². The molecule has 0 atom stereocenters. The molecule has 2 aromatic heterocycles. The Balaban J connectivity index is 0.000000185.